The van der Waals surface area contributed by atoms with E-state index >= 15 is 0 Å². The summed E-state index contributed by atoms with van der Waals surface area (Å²) >= 11 is 0. The monoisotopic (exact) mass is 279 g/mol. The second-order valence-corrected chi connectivity index (χ2v) is 6.50. The van der Waals surface area contributed by atoms with E-state index in [9.17, 15) is 0 Å². The summed E-state index contributed by atoms with van der Waals surface area (Å²) in [5.41, 5.74) is 2.99. The van der Waals surface area contributed by atoms with E-state index in [1.165, 1.54) is 17.5 Å². The highest BCUT2D eigenvalue weighted by molar-refractivity contribution is 5.31. The number of hydrogen-bond donors (Lipinski definition) is 1. The first-order valence-corrected chi connectivity index (χ1v) is 8.09. The molecule has 0 spiro atoms. The van der Waals surface area contributed by atoms with E-state index in [1.807, 2.05) is 0 Å². The molecule has 0 amide bonds. The zero-order valence-corrected chi connectivity index (χ0v) is 13.0. The molecule has 21 heavy (non-hydrogen) atoms. The van der Waals surface area contributed by atoms with Crippen molar-refractivity contribution in [2.75, 3.05) is 6.54 Å². The highest BCUT2D eigenvalue weighted by atomic mass is 14.9. The third kappa shape index (κ3) is 3.54. The van der Waals surface area contributed by atoms with Gasteiger partial charge in [-0.05, 0) is 35.3 Å². The lowest BCUT2D eigenvalue weighted by molar-refractivity contribution is 0.490. The summed E-state index contributed by atoms with van der Waals surface area (Å²) < 4.78 is 0. The van der Waals surface area contributed by atoms with Crippen LogP contribution in [0.1, 0.15) is 43.2 Å². The van der Waals surface area contributed by atoms with Gasteiger partial charge in [-0.25, -0.2) is 0 Å². The second kappa shape index (κ2) is 6.44. The third-order valence-corrected chi connectivity index (χ3v) is 4.56. The van der Waals surface area contributed by atoms with E-state index in [0.717, 1.165) is 18.4 Å². The Bertz CT molecular complexity index is 547. The predicted molar refractivity (Wildman–Crippen MR) is 89.6 cm³/mol. The summed E-state index contributed by atoms with van der Waals surface area (Å²) in [5.74, 6) is 2.14. The molecule has 1 aliphatic carbocycles. The van der Waals surface area contributed by atoms with Crippen molar-refractivity contribution in [1.29, 1.82) is 0 Å². The smallest absolute Gasteiger partial charge is 0.00254 e. The van der Waals surface area contributed by atoms with Gasteiger partial charge in [-0.2, -0.15) is 0 Å². The second-order valence-electron chi connectivity index (χ2n) is 6.50. The zero-order valence-electron chi connectivity index (χ0n) is 13.0. The van der Waals surface area contributed by atoms with Crippen LogP contribution in [0.2, 0.25) is 0 Å². The van der Waals surface area contributed by atoms with Crippen LogP contribution in [0.25, 0.3) is 0 Å². The average molecular weight is 279 g/mol. The van der Waals surface area contributed by atoms with Crippen LogP contribution in [0, 0.1) is 5.92 Å². The van der Waals surface area contributed by atoms with Gasteiger partial charge in [0.05, 0.1) is 0 Å². The van der Waals surface area contributed by atoms with Crippen LogP contribution in [0.5, 0.6) is 0 Å². The minimum Gasteiger partial charge on any atom is -0.314 e. The molecule has 1 heteroatoms. The SMILES string of the molecule is CC(C)NCC(c1ccccc1)C1CC1c1ccccc1. The van der Waals surface area contributed by atoms with Crippen molar-refractivity contribution in [2.45, 2.75) is 38.1 Å². The Labute approximate surface area is 128 Å². The van der Waals surface area contributed by atoms with Gasteiger partial charge in [0.25, 0.3) is 0 Å². The van der Waals surface area contributed by atoms with E-state index in [4.69, 9.17) is 0 Å². The third-order valence-electron chi connectivity index (χ3n) is 4.56. The fourth-order valence-electron chi connectivity index (χ4n) is 3.32. The van der Waals surface area contributed by atoms with Gasteiger partial charge in [0.1, 0.15) is 0 Å². The maximum atomic E-state index is 3.64. The molecule has 0 aliphatic heterocycles. The highest BCUT2D eigenvalue weighted by Gasteiger charge is 2.43. The van der Waals surface area contributed by atoms with Gasteiger partial charge >= 0.3 is 0 Å². The molecule has 0 aromatic heterocycles. The first kappa shape index (κ1) is 14.3. The molecular formula is C20H25N. The number of benzene rings is 2. The fourth-order valence-corrected chi connectivity index (χ4v) is 3.32. The first-order chi connectivity index (χ1) is 10.3. The maximum absolute atomic E-state index is 3.64. The molecule has 0 bridgehead atoms. The largest absolute Gasteiger partial charge is 0.314 e. The van der Waals surface area contributed by atoms with E-state index < -0.39 is 0 Å². The molecule has 1 N–H and O–H groups in total. The minimum atomic E-state index is 0.546. The minimum absolute atomic E-state index is 0.546. The number of nitrogens with one attached hydrogen (secondary N) is 1. The van der Waals surface area contributed by atoms with Crippen LogP contribution in [0.15, 0.2) is 60.7 Å². The van der Waals surface area contributed by atoms with Crippen LogP contribution in [0.4, 0.5) is 0 Å². The summed E-state index contributed by atoms with van der Waals surface area (Å²) in [7, 11) is 0. The van der Waals surface area contributed by atoms with Crippen molar-refractivity contribution in [1.82, 2.24) is 5.32 Å². The van der Waals surface area contributed by atoms with Crippen LogP contribution in [-0.4, -0.2) is 12.6 Å². The maximum Gasteiger partial charge on any atom is 0.00254 e. The summed E-state index contributed by atoms with van der Waals surface area (Å²) in [6, 6.07) is 22.5. The molecule has 0 saturated heterocycles. The molecule has 3 atom stereocenters. The molecule has 2 aromatic carbocycles. The molecule has 1 nitrogen and oxygen atoms in total. The molecule has 3 rings (SSSR count). The predicted octanol–water partition coefficient (Wildman–Crippen LogP) is 4.57. The lowest BCUT2D eigenvalue weighted by Gasteiger charge is -2.20. The highest BCUT2D eigenvalue weighted by Crippen LogP contribution is 2.54. The molecule has 1 fully saturated rings. The standard InChI is InChI=1S/C20H25N/c1-15(2)21-14-20(17-11-7-4-8-12-17)19-13-18(19)16-9-5-3-6-10-16/h3-12,15,18-21H,13-14H2,1-2H3. The lowest BCUT2D eigenvalue weighted by Crippen LogP contribution is -2.29. The number of hydrogen-bond acceptors (Lipinski definition) is 1. The van der Waals surface area contributed by atoms with Gasteiger partial charge in [-0.3, -0.25) is 0 Å². The van der Waals surface area contributed by atoms with Gasteiger partial charge in [-0.15, -0.1) is 0 Å². The summed E-state index contributed by atoms with van der Waals surface area (Å²) in [4.78, 5) is 0. The Hall–Kier alpha value is -1.60. The van der Waals surface area contributed by atoms with Crippen molar-refractivity contribution in [3.8, 4) is 0 Å². The van der Waals surface area contributed by atoms with E-state index in [2.05, 4.69) is 79.8 Å². The Morgan fingerprint density at radius 2 is 1.57 bits per heavy atom. The van der Waals surface area contributed by atoms with Crippen molar-refractivity contribution in [3.05, 3.63) is 71.8 Å². The number of rotatable bonds is 6. The zero-order chi connectivity index (χ0) is 14.7. The van der Waals surface area contributed by atoms with Gasteiger partial charge in [0, 0.05) is 12.6 Å². The molecule has 0 heterocycles. The van der Waals surface area contributed by atoms with Crippen molar-refractivity contribution in [2.24, 2.45) is 5.92 Å². The Morgan fingerprint density at radius 1 is 0.952 bits per heavy atom. The summed E-state index contributed by atoms with van der Waals surface area (Å²) in [6.45, 7) is 5.53. The first-order valence-electron chi connectivity index (χ1n) is 8.09. The van der Waals surface area contributed by atoms with Gasteiger partial charge in [-0.1, -0.05) is 74.5 Å². The quantitative estimate of drug-likeness (QED) is 0.816. The summed E-state index contributed by atoms with van der Waals surface area (Å²) in [6.07, 6.45) is 1.32. The Morgan fingerprint density at radius 3 is 2.19 bits per heavy atom. The molecule has 110 valence electrons. The van der Waals surface area contributed by atoms with Crippen molar-refractivity contribution >= 4 is 0 Å². The Balaban J connectivity index is 1.75. The van der Waals surface area contributed by atoms with Crippen LogP contribution >= 0.6 is 0 Å². The normalized spacial score (nSPS) is 22.2. The van der Waals surface area contributed by atoms with E-state index in [0.29, 0.717) is 12.0 Å². The van der Waals surface area contributed by atoms with Crippen molar-refractivity contribution in [3.63, 3.8) is 0 Å². The summed E-state index contributed by atoms with van der Waals surface area (Å²) in [5, 5.41) is 3.64. The molecule has 0 radical (unpaired) electrons. The van der Waals surface area contributed by atoms with Gasteiger partial charge < -0.3 is 5.32 Å². The van der Waals surface area contributed by atoms with Crippen LogP contribution in [-0.2, 0) is 0 Å². The molecular weight excluding hydrogens is 254 g/mol. The molecule has 2 aromatic rings. The molecule has 1 saturated carbocycles. The van der Waals surface area contributed by atoms with Crippen molar-refractivity contribution < 1.29 is 0 Å². The topological polar surface area (TPSA) is 12.0 Å². The van der Waals surface area contributed by atoms with Crippen LogP contribution in [0.3, 0.4) is 0 Å². The van der Waals surface area contributed by atoms with E-state index in [-0.39, 0.29) is 0 Å². The van der Waals surface area contributed by atoms with Gasteiger partial charge in [0.2, 0.25) is 0 Å². The molecule has 1 aliphatic rings. The van der Waals surface area contributed by atoms with Gasteiger partial charge in [0.15, 0.2) is 0 Å². The average Bonchev–Trinajstić information content (AvgIpc) is 3.30. The lowest BCUT2D eigenvalue weighted by atomic mass is 9.91. The Kier molecular flexibility index (Phi) is 4.40. The van der Waals surface area contributed by atoms with Crippen LogP contribution < -0.4 is 5.32 Å². The fraction of sp³-hybridized carbons (Fsp3) is 0.400. The van der Waals surface area contributed by atoms with E-state index in [1.54, 1.807) is 0 Å². The molecule has 3 unspecified atom stereocenters.